The number of rotatable bonds is 2. The molecule has 112 valence electrons. The molecule has 3 heteroatoms. The first-order chi connectivity index (χ1) is 10.3. The maximum Gasteiger partial charge on any atom is 0.0555 e. The second-order valence-electron chi connectivity index (χ2n) is 6.28. The molecule has 2 aliphatic heterocycles. The zero-order valence-electron chi connectivity index (χ0n) is 12.9. The van der Waals surface area contributed by atoms with Gasteiger partial charge in [-0.15, -0.1) is 0 Å². The highest BCUT2D eigenvalue weighted by Crippen LogP contribution is 2.25. The van der Waals surface area contributed by atoms with E-state index in [2.05, 4.69) is 52.8 Å². The number of benzene rings is 1. The molecule has 3 nitrogen and oxygen atoms in total. The third kappa shape index (κ3) is 3.47. The van der Waals surface area contributed by atoms with Crippen LogP contribution in [-0.2, 0) is 6.54 Å². The Labute approximate surface area is 128 Å². The van der Waals surface area contributed by atoms with Crippen LogP contribution in [0, 0.1) is 11.8 Å². The maximum atomic E-state index is 5.45. The van der Waals surface area contributed by atoms with Crippen LogP contribution in [0.3, 0.4) is 0 Å². The molecule has 0 aromatic heterocycles. The lowest BCUT2D eigenvalue weighted by atomic mass is 10.1. The standard InChI is InChI=1S/C18H25N3/c1-15-12-20-10-4-8-18(20)14-21(15)13-17-6-2-5-16(11-17)7-3-9-19/h2,5-6,11,15,18H,4,8-10,12-14,19H2,1H3. The van der Waals surface area contributed by atoms with Crippen molar-refractivity contribution in [3.8, 4) is 11.8 Å². The van der Waals surface area contributed by atoms with Gasteiger partial charge in [-0.3, -0.25) is 9.80 Å². The molecule has 0 aliphatic carbocycles. The zero-order valence-corrected chi connectivity index (χ0v) is 12.9. The fraction of sp³-hybridized carbons (Fsp3) is 0.556. The molecule has 0 amide bonds. The minimum atomic E-state index is 0.422. The van der Waals surface area contributed by atoms with Crippen LogP contribution in [0.25, 0.3) is 0 Å². The van der Waals surface area contributed by atoms with Gasteiger partial charge >= 0.3 is 0 Å². The van der Waals surface area contributed by atoms with Gasteiger partial charge in [-0.25, -0.2) is 0 Å². The lowest BCUT2D eigenvalue weighted by Gasteiger charge is -2.42. The molecule has 2 aliphatic rings. The fourth-order valence-corrected chi connectivity index (χ4v) is 3.60. The first-order valence-electron chi connectivity index (χ1n) is 8.02. The summed E-state index contributed by atoms with van der Waals surface area (Å²) in [7, 11) is 0. The molecule has 2 unspecified atom stereocenters. The lowest BCUT2D eigenvalue weighted by Crippen LogP contribution is -2.54. The van der Waals surface area contributed by atoms with Crippen LogP contribution < -0.4 is 5.73 Å². The average molecular weight is 283 g/mol. The molecule has 0 radical (unpaired) electrons. The first kappa shape index (κ1) is 14.6. The second-order valence-corrected chi connectivity index (χ2v) is 6.28. The van der Waals surface area contributed by atoms with Crippen LogP contribution in [0.2, 0.25) is 0 Å². The van der Waals surface area contributed by atoms with Crippen molar-refractivity contribution in [1.29, 1.82) is 0 Å². The number of fused-ring (bicyclic) bond motifs is 1. The Kier molecular flexibility index (Phi) is 4.60. The molecule has 2 N–H and O–H groups in total. The molecular formula is C18H25N3. The van der Waals surface area contributed by atoms with E-state index < -0.39 is 0 Å². The van der Waals surface area contributed by atoms with Gasteiger partial charge in [0.2, 0.25) is 0 Å². The molecule has 2 heterocycles. The summed E-state index contributed by atoms with van der Waals surface area (Å²) < 4.78 is 0. The van der Waals surface area contributed by atoms with Gasteiger partial charge in [-0.2, -0.15) is 0 Å². The first-order valence-corrected chi connectivity index (χ1v) is 8.02. The van der Waals surface area contributed by atoms with E-state index in [0.717, 1.165) is 18.2 Å². The van der Waals surface area contributed by atoms with Gasteiger partial charge in [-0.1, -0.05) is 24.0 Å². The van der Waals surface area contributed by atoms with Crippen LogP contribution in [-0.4, -0.2) is 48.1 Å². The highest BCUT2D eigenvalue weighted by atomic mass is 15.3. The van der Waals surface area contributed by atoms with E-state index >= 15 is 0 Å². The summed E-state index contributed by atoms with van der Waals surface area (Å²) in [5.74, 6) is 6.06. The number of hydrogen-bond acceptors (Lipinski definition) is 3. The van der Waals surface area contributed by atoms with E-state index in [9.17, 15) is 0 Å². The summed E-state index contributed by atoms with van der Waals surface area (Å²) in [4.78, 5) is 5.30. The normalized spacial score (nSPS) is 26.2. The molecule has 0 bridgehead atoms. The molecule has 0 saturated carbocycles. The Morgan fingerprint density at radius 3 is 3.10 bits per heavy atom. The third-order valence-electron chi connectivity index (χ3n) is 4.71. The molecule has 1 aromatic rings. The predicted molar refractivity (Wildman–Crippen MR) is 86.8 cm³/mol. The fourth-order valence-electron chi connectivity index (χ4n) is 3.60. The van der Waals surface area contributed by atoms with E-state index in [1.54, 1.807) is 0 Å². The smallest absolute Gasteiger partial charge is 0.0555 e. The minimum Gasteiger partial charge on any atom is -0.320 e. The van der Waals surface area contributed by atoms with Crippen LogP contribution in [0.1, 0.15) is 30.9 Å². The molecule has 21 heavy (non-hydrogen) atoms. The minimum absolute atomic E-state index is 0.422. The summed E-state index contributed by atoms with van der Waals surface area (Å²) in [6.45, 7) is 7.53. The van der Waals surface area contributed by atoms with Crippen LogP contribution in [0.4, 0.5) is 0 Å². The number of hydrogen-bond donors (Lipinski definition) is 1. The molecule has 2 atom stereocenters. The van der Waals surface area contributed by atoms with Crippen molar-refractivity contribution in [2.24, 2.45) is 5.73 Å². The van der Waals surface area contributed by atoms with Crippen molar-refractivity contribution in [2.45, 2.75) is 38.4 Å². The third-order valence-corrected chi connectivity index (χ3v) is 4.71. The molecule has 2 saturated heterocycles. The van der Waals surface area contributed by atoms with E-state index in [-0.39, 0.29) is 0 Å². The number of nitrogens with two attached hydrogens (primary N) is 1. The van der Waals surface area contributed by atoms with Gasteiger partial charge in [0, 0.05) is 37.3 Å². The highest BCUT2D eigenvalue weighted by Gasteiger charge is 2.34. The van der Waals surface area contributed by atoms with E-state index in [1.807, 2.05) is 0 Å². The lowest BCUT2D eigenvalue weighted by molar-refractivity contribution is 0.0540. The monoisotopic (exact) mass is 283 g/mol. The largest absolute Gasteiger partial charge is 0.320 e. The Morgan fingerprint density at radius 2 is 2.24 bits per heavy atom. The topological polar surface area (TPSA) is 32.5 Å². The Hall–Kier alpha value is -1.34. The van der Waals surface area contributed by atoms with Crippen molar-refractivity contribution in [1.82, 2.24) is 9.80 Å². The number of nitrogens with zero attached hydrogens (tertiary/aromatic N) is 2. The summed E-state index contributed by atoms with van der Waals surface area (Å²) in [6.07, 6.45) is 2.74. The van der Waals surface area contributed by atoms with E-state index in [1.165, 1.54) is 38.0 Å². The molecule has 0 spiro atoms. The van der Waals surface area contributed by atoms with Gasteiger partial charge in [0.15, 0.2) is 0 Å². The van der Waals surface area contributed by atoms with Crippen LogP contribution in [0.15, 0.2) is 24.3 Å². The summed E-state index contributed by atoms with van der Waals surface area (Å²) >= 11 is 0. The molecule has 2 fully saturated rings. The van der Waals surface area contributed by atoms with Crippen molar-refractivity contribution in [2.75, 3.05) is 26.2 Å². The average Bonchev–Trinajstić information content (AvgIpc) is 2.93. The summed E-state index contributed by atoms with van der Waals surface area (Å²) in [5.41, 5.74) is 7.88. The molecule has 3 rings (SSSR count). The van der Waals surface area contributed by atoms with Crippen LogP contribution >= 0.6 is 0 Å². The van der Waals surface area contributed by atoms with Gasteiger partial charge in [0.25, 0.3) is 0 Å². The van der Waals surface area contributed by atoms with Crippen LogP contribution in [0.5, 0.6) is 0 Å². The maximum absolute atomic E-state index is 5.45. The Balaban J connectivity index is 1.68. The van der Waals surface area contributed by atoms with Gasteiger partial charge < -0.3 is 5.73 Å². The van der Waals surface area contributed by atoms with Crippen molar-refractivity contribution >= 4 is 0 Å². The van der Waals surface area contributed by atoms with Crippen molar-refractivity contribution < 1.29 is 0 Å². The Bertz CT molecular complexity index is 543. The summed E-state index contributed by atoms with van der Waals surface area (Å²) in [6, 6.07) is 9.99. The number of piperazine rings is 1. The van der Waals surface area contributed by atoms with E-state index in [0.29, 0.717) is 12.6 Å². The van der Waals surface area contributed by atoms with Gasteiger partial charge in [0.1, 0.15) is 0 Å². The van der Waals surface area contributed by atoms with Gasteiger partial charge in [0.05, 0.1) is 6.54 Å². The van der Waals surface area contributed by atoms with Crippen molar-refractivity contribution in [3.63, 3.8) is 0 Å². The molecule has 1 aromatic carbocycles. The van der Waals surface area contributed by atoms with Crippen molar-refractivity contribution in [3.05, 3.63) is 35.4 Å². The second kappa shape index (κ2) is 6.62. The SMILES string of the molecule is CC1CN2CCCC2CN1Cc1cccc(C#CCN)c1. The highest BCUT2D eigenvalue weighted by molar-refractivity contribution is 5.37. The van der Waals surface area contributed by atoms with Gasteiger partial charge in [-0.05, 0) is 44.0 Å². The predicted octanol–water partition coefficient (Wildman–Crippen LogP) is 1.67. The summed E-state index contributed by atoms with van der Waals surface area (Å²) in [5, 5.41) is 0. The Morgan fingerprint density at radius 1 is 1.33 bits per heavy atom. The quantitative estimate of drug-likeness (QED) is 0.838. The zero-order chi connectivity index (χ0) is 14.7. The van der Waals surface area contributed by atoms with E-state index in [4.69, 9.17) is 5.73 Å². The molecular weight excluding hydrogens is 258 g/mol.